The summed E-state index contributed by atoms with van der Waals surface area (Å²) in [6.07, 6.45) is 1.87. The van der Waals surface area contributed by atoms with E-state index in [2.05, 4.69) is 17.2 Å². The highest BCUT2D eigenvalue weighted by Gasteiger charge is 2.14. The zero-order valence-corrected chi connectivity index (χ0v) is 12.9. The lowest BCUT2D eigenvalue weighted by Gasteiger charge is -2.17. The molecular weight excluding hydrogens is 274 g/mol. The number of methoxy groups -OCH3 is 2. The van der Waals surface area contributed by atoms with Crippen molar-refractivity contribution in [2.24, 2.45) is 0 Å². The lowest BCUT2D eigenvalue weighted by Crippen LogP contribution is -2.08. The number of nitrogen functional groups attached to an aromatic ring is 1. The molecule has 0 amide bonds. The molecule has 0 saturated carbocycles. The molecular formula is C14H19N3O2S. The molecule has 108 valence electrons. The Morgan fingerprint density at radius 2 is 1.90 bits per heavy atom. The molecule has 0 aliphatic heterocycles. The molecule has 1 unspecified atom stereocenters. The second kappa shape index (κ2) is 6.00. The first-order valence-electron chi connectivity index (χ1n) is 6.25. The third kappa shape index (κ3) is 2.96. The topological polar surface area (TPSA) is 69.4 Å². The number of nitrogens with one attached hydrogen (secondary N) is 1. The van der Waals surface area contributed by atoms with Crippen molar-refractivity contribution in [2.75, 3.05) is 25.3 Å². The standard InChI is InChI=1S/C14H19N3O2S/c1-8-7-16-14(20-8)9(2)17-11-6-13(19-4)12(18-3)5-10(11)15/h5-7,9,17H,15H2,1-4H3. The predicted molar refractivity (Wildman–Crippen MR) is 82.8 cm³/mol. The summed E-state index contributed by atoms with van der Waals surface area (Å²) in [6, 6.07) is 3.67. The summed E-state index contributed by atoms with van der Waals surface area (Å²) >= 11 is 1.67. The van der Waals surface area contributed by atoms with Gasteiger partial charge >= 0.3 is 0 Å². The number of nitrogens with zero attached hydrogens (tertiary/aromatic N) is 1. The molecule has 1 atom stereocenters. The molecule has 5 nitrogen and oxygen atoms in total. The van der Waals surface area contributed by atoms with Crippen molar-refractivity contribution < 1.29 is 9.47 Å². The van der Waals surface area contributed by atoms with Gasteiger partial charge in [0.1, 0.15) is 5.01 Å². The van der Waals surface area contributed by atoms with E-state index in [9.17, 15) is 0 Å². The second-order valence-electron chi connectivity index (χ2n) is 4.47. The minimum absolute atomic E-state index is 0.0779. The molecule has 1 aromatic heterocycles. The smallest absolute Gasteiger partial charge is 0.162 e. The molecule has 6 heteroatoms. The van der Waals surface area contributed by atoms with Crippen LogP contribution in [0.5, 0.6) is 11.5 Å². The Kier molecular flexibility index (Phi) is 4.34. The fourth-order valence-corrected chi connectivity index (χ4v) is 2.66. The van der Waals surface area contributed by atoms with E-state index in [4.69, 9.17) is 15.2 Å². The van der Waals surface area contributed by atoms with E-state index >= 15 is 0 Å². The second-order valence-corrected chi connectivity index (χ2v) is 5.74. The summed E-state index contributed by atoms with van der Waals surface area (Å²) in [4.78, 5) is 5.57. The van der Waals surface area contributed by atoms with E-state index in [1.807, 2.05) is 19.2 Å². The molecule has 1 aromatic carbocycles. The van der Waals surface area contributed by atoms with Gasteiger partial charge in [-0.05, 0) is 13.8 Å². The van der Waals surface area contributed by atoms with Crippen LogP contribution in [0.4, 0.5) is 11.4 Å². The maximum atomic E-state index is 6.04. The van der Waals surface area contributed by atoms with Gasteiger partial charge in [0.25, 0.3) is 0 Å². The first-order chi connectivity index (χ1) is 9.55. The van der Waals surface area contributed by atoms with Crippen molar-refractivity contribution >= 4 is 22.7 Å². The summed E-state index contributed by atoms with van der Waals surface area (Å²) < 4.78 is 10.5. The van der Waals surface area contributed by atoms with E-state index in [1.54, 1.807) is 31.6 Å². The number of rotatable bonds is 5. The number of ether oxygens (including phenoxy) is 2. The summed E-state index contributed by atoms with van der Waals surface area (Å²) in [7, 11) is 3.19. The summed E-state index contributed by atoms with van der Waals surface area (Å²) in [5.74, 6) is 1.26. The molecule has 0 saturated heterocycles. The maximum absolute atomic E-state index is 6.04. The third-order valence-corrected chi connectivity index (χ3v) is 4.03. The first-order valence-corrected chi connectivity index (χ1v) is 7.07. The minimum Gasteiger partial charge on any atom is -0.493 e. The molecule has 0 aliphatic carbocycles. The van der Waals surface area contributed by atoms with Gasteiger partial charge in [-0.25, -0.2) is 4.98 Å². The number of aromatic nitrogens is 1. The average molecular weight is 293 g/mol. The van der Waals surface area contributed by atoms with E-state index < -0.39 is 0 Å². The van der Waals surface area contributed by atoms with Crippen LogP contribution in [-0.4, -0.2) is 19.2 Å². The van der Waals surface area contributed by atoms with Crippen LogP contribution in [0.25, 0.3) is 0 Å². The van der Waals surface area contributed by atoms with Gasteiger partial charge < -0.3 is 20.5 Å². The quantitative estimate of drug-likeness (QED) is 0.828. The van der Waals surface area contributed by atoms with Gasteiger partial charge in [0, 0.05) is 23.2 Å². The Morgan fingerprint density at radius 3 is 2.45 bits per heavy atom. The largest absolute Gasteiger partial charge is 0.493 e. The fourth-order valence-electron chi connectivity index (χ4n) is 1.89. The number of anilines is 2. The molecule has 2 rings (SSSR count). The zero-order chi connectivity index (χ0) is 14.7. The van der Waals surface area contributed by atoms with Crippen molar-refractivity contribution in [1.29, 1.82) is 0 Å². The molecule has 20 heavy (non-hydrogen) atoms. The highest BCUT2D eigenvalue weighted by molar-refractivity contribution is 7.11. The maximum Gasteiger partial charge on any atom is 0.162 e. The Hall–Kier alpha value is -1.95. The zero-order valence-electron chi connectivity index (χ0n) is 12.1. The third-order valence-electron chi connectivity index (χ3n) is 2.94. The van der Waals surface area contributed by atoms with Gasteiger partial charge in [-0.15, -0.1) is 11.3 Å². The van der Waals surface area contributed by atoms with Crippen LogP contribution < -0.4 is 20.5 Å². The van der Waals surface area contributed by atoms with Crippen LogP contribution in [0.1, 0.15) is 22.9 Å². The first kappa shape index (κ1) is 14.5. The van der Waals surface area contributed by atoms with Crippen molar-refractivity contribution in [3.8, 4) is 11.5 Å². The van der Waals surface area contributed by atoms with Crippen molar-refractivity contribution in [2.45, 2.75) is 19.9 Å². The monoisotopic (exact) mass is 293 g/mol. The van der Waals surface area contributed by atoms with Crippen molar-refractivity contribution in [1.82, 2.24) is 4.98 Å². The van der Waals surface area contributed by atoms with Crippen LogP contribution in [-0.2, 0) is 0 Å². The number of thiazole rings is 1. The average Bonchev–Trinajstić information content (AvgIpc) is 2.87. The lowest BCUT2D eigenvalue weighted by molar-refractivity contribution is 0.355. The van der Waals surface area contributed by atoms with Gasteiger partial charge in [0.2, 0.25) is 0 Å². The molecule has 0 spiro atoms. The summed E-state index contributed by atoms with van der Waals surface area (Å²) in [5, 5.41) is 4.38. The van der Waals surface area contributed by atoms with Crippen molar-refractivity contribution in [3.05, 3.63) is 28.2 Å². The molecule has 2 aromatic rings. The Bertz CT molecular complexity index is 598. The molecule has 0 bridgehead atoms. The summed E-state index contributed by atoms with van der Waals surface area (Å²) in [6.45, 7) is 4.09. The molecule has 0 radical (unpaired) electrons. The molecule has 0 fully saturated rings. The van der Waals surface area contributed by atoms with Crippen LogP contribution in [0.3, 0.4) is 0 Å². The number of nitrogens with two attached hydrogens (primary N) is 1. The van der Waals surface area contributed by atoms with Crippen LogP contribution in [0.2, 0.25) is 0 Å². The molecule has 1 heterocycles. The van der Waals surface area contributed by atoms with Gasteiger partial charge in [-0.1, -0.05) is 0 Å². The van der Waals surface area contributed by atoms with E-state index in [-0.39, 0.29) is 6.04 Å². The predicted octanol–water partition coefficient (Wildman–Crippen LogP) is 3.22. The lowest BCUT2D eigenvalue weighted by atomic mass is 10.2. The number of hydrogen-bond acceptors (Lipinski definition) is 6. The van der Waals surface area contributed by atoms with Gasteiger partial charge in [0.15, 0.2) is 11.5 Å². The Labute approximate surface area is 122 Å². The van der Waals surface area contributed by atoms with Gasteiger partial charge in [0.05, 0.1) is 31.6 Å². The van der Waals surface area contributed by atoms with Gasteiger partial charge in [-0.3, -0.25) is 0 Å². The highest BCUT2D eigenvalue weighted by atomic mass is 32.1. The normalized spacial score (nSPS) is 12.0. The van der Waals surface area contributed by atoms with Crippen molar-refractivity contribution in [3.63, 3.8) is 0 Å². The van der Waals surface area contributed by atoms with E-state index in [0.29, 0.717) is 17.2 Å². The molecule has 3 N–H and O–H groups in total. The van der Waals surface area contributed by atoms with Crippen LogP contribution in [0.15, 0.2) is 18.3 Å². The van der Waals surface area contributed by atoms with Crippen LogP contribution in [0, 0.1) is 6.92 Å². The number of benzene rings is 1. The highest BCUT2D eigenvalue weighted by Crippen LogP contribution is 2.36. The summed E-state index contributed by atoms with van der Waals surface area (Å²) in [5.41, 5.74) is 7.46. The number of hydrogen-bond donors (Lipinski definition) is 2. The Morgan fingerprint density at radius 1 is 1.25 bits per heavy atom. The SMILES string of the molecule is COc1cc(N)c(NC(C)c2ncc(C)s2)cc1OC. The number of aryl methyl sites for hydroxylation is 1. The molecule has 0 aliphatic rings. The fraction of sp³-hybridized carbons (Fsp3) is 0.357. The minimum atomic E-state index is 0.0779. The Balaban J connectivity index is 2.24. The van der Waals surface area contributed by atoms with E-state index in [0.717, 1.165) is 10.7 Å². The van der Waals surface area contributed by atoms with Gasteiger partial charge in [-0.2, -0.15) is 0 Å². The van der Waals surface area contributed by atoms with E-state index in [1.165, 1.54) is 4.88 Å². The van der Waals surface area contributed by atoms with Crippen LogP contribution >= 0.6 is 11.3 Å².